The van der Waals surface area contributed by atoms with Gasteiger partial charge >= 0.3 is 12.1 Å². The molecule has 1 saturated heterocycles. The van der Waals surface area contributed by atoms with E-state index in [0.717, 1.165) is 12.8 Å². The fraction of sp³-hybridized carbons (Fsp3) is 0.875. The first kappa shape index (κ1) is 13.2. The van der Waals surface area contributed by atoms with Crippen molar-refractivity contribution >= 4 is 5.97 Å². The number of halogens is 3. The van der Waals surface area contributed by atoms with Crippen molar-refractivity contribution in [2.24, 2.45) is 0 Å². The normalized spacial score (nSPS) is 24.1. The van der Waals surface area contributed by atoms with Crippen LogP contribution in [-0.2, 0) is 9.53 Å². The number of esters is 1. The summed E-state index contributed by atoms with van der Waals surface area (Å²) in [5.74, 6) is -2.17. The number of carbonyl (C=O) groups excluding carboxylic acids is 1. The highest BCUT2D eigenvalue weighted by atomic mass is 19.4. The summed E-state index contributed by atoms with van der Waals surface area (Å²) >= 11 is 0. The molecule has 1 rings (SSSR count). The number of hydrogen-bond acceptors (Lipinski definition) is 5. The first-order valence-electron chi connectivity index (χ1n) is 5.01. The second-order valence-corrected chi connectivity index (χ2v) is 3.44. The molecule has 1 heterocycles. The molecule has 1 atom stereocenters. The zero-order valence-corrected chi connectivity index (χ0v) is 8.56. The van der Waals surface area contributed by atoms with Crippen molar-refractivity contribution in [3.8, 4) is 0 Å². The van der Waals surface area contributed by atoms with Crippen LogP contribution >= 0.6 is 0 Å². The van der Waals surface area contributed by atoms with Crippen LogP contribution in [-0.4, -0.2) is 24.9 Å². The maximum atomic E-state index is 11.9. The zero-order chi connectivity index (χ0) is 12.0. The first-order chi connectivity index (χ1) is 7.50. The lowest BCUT2D eigenvalue weighted by Crippen LogP contribution is -2.50. The predicted molar refractivity (Wildman–Crippen MR) is 48.7 cm³/mol. The summed E-state index contributed by atoms with van der Waals surface area (Å²) < 4.78 is 40.1. The summed E-state index contributed by atoms with van der Waals surface area (Å²) in [6.45, 7) is 0.701. The van der Waals surface area contributed by atoms with Crippen molar-refractivity contribution in [3.05, 3.63) is 0 Å². The van der Waals surface area contributed by atoms with Crippen molar-refractivity contribution < 1.29 is 22.7 Å². The SMILES string of the molecule is O=C(OC1CCCCCNNN1)C(F)(F)F. The molecule has 1 fully saturated rings. The predicted octanol–water partition coefficient (Wildman–Crippen LogP) is 0.591. The third kappa shape index (κ3) is 4.77. The highest BCUT2D eigenvalue weighted by Gasteiger charge is 2.42. The summed E-state index contributed by atoms with van der Waals surface area (Å²) in [5, 5.41) is 0. The van der Waals surface area contributed by atoms with E-state index < -0.39 is 18.4 Å². The number of nitrogens with one attached hydrogen (secondary N) is 3. The van der Waals surface area contributed by atoms with Crippen LogP contribution in [0.4, 0.5) is 13.2 Å². The third-order valence-electron chi connectivity index (χ3n) is 2.07. The Morgan fingerprint density at radius 2 is 2.00 bits per heavy atom. The maximum Gasteiger partial charge on any atom is 0.490 e. The molecule has 1 unspecified atom stereocenters. The Hall–Kier alpha value is -0.860. The Bertz CT molecular complexity index is 225. The summed E-state index contributed by atoms with van der Waals surface area (Å²) in [6, 6.07) is 0. The number of hydrazine groups is 2. The topological polar surface area (TPSA) is 62.4 Å². The fourth-order valence-corrected chi connectivity index (χ4v) is 1.27. The fourth-order valence-electron chi connectivity index (χ4n) is 1.27. The van der Waals surface area contributed by atoms with Gasteiger partial charge in [-0.2, -0.15) is 18.7 Å². The monoisotopic (exact) mass is 241 g/mol. The van der Waals surface area contributed by atoms with E-state index in [1.807, 2.05) is 0 Å². The molecule has 0 aromatic heterocycles. The van der Waals surface area contributed by atoms with Crippen molar-refractivity contribution in [1.29, 1.82) is 0 Å². The maximum absolute atomic E-state index is 11.9. The molecule has 1 aliphatic rings. The molecule has 16 heavy (non-hydrogen) atoms. The third-order valence-corrected chi connectivity index (χ3v) is 2.07. The van der Waals surface area contributed by atoms with Crippen LogP contribution in [0.25, 0.3) is 0 Å². The van der Waals surface area contributed by atoms with Gasteiger partial charge in [-0.1, -0.05) is 6.42 Å². The largest absolute Gasteiger partial charge is 0.490 e. The molecule has 0 aromatic rings. The molecule has 0 aliphatic carbocycles. The van der Waals surface area contributed by atoms with Crippen LogP contribution in [0.5, 0.6) is 0 Å². The minimum Gasteiger partial charge on any atom is -0.439 e. The van der Waals surface area contributed by atoms with E-state index in [0.29, 0.717) is 19.4 Å². The second-order valence-electron chi connectivity index (χ2n) is 3.44. The van der Waals surface area contributed by atoms with E-state index in [2.05, 4.69) is 21.1 Å². The molecule has 8 heteroatoms. The van der Waals surface area contributed by atoms with Gasteiger partial charge in [0.25, 0.3) is 0 Å². The Morgan fingerprint density at radius 3 is 2.69 bits per heavy atom. The lowest BCUT2D eigenvalue weighted by atomic mass is 10.2. The molecular formula is C8H14F3N3O2. The van der Waals surface area contributed by atoms with Crippen molar-refractivity contribution in [1.82, 2.24) is 16.4 Å². The summed E-state index contributed by atoms with van der Waals surface area (Å²) in [7, 11) is 0. The number of alkyl halides is 3. The van der Waals surface area contributed by atoms with E-state index in [4.69, 9.17) is 0 Å². The Kier molecular flexibility index (Phi) is 4.97. The van der Waals surface area contributed by atoms with Gasteiger partial charge in [-0.05, 0) is 19.3 Å². The van der Waals surface area contributed by atoms with E-state index in [-0.39, 0.29) is 0 Å². The van der Waals surface area contributed by atoms with Crippen LogP contribution < -0.4 is 16.4 Å². The molecule has 0 amide bonds. The minimum absolute atomic E-state index is 0.344. The molecule has 94 valence electrons. The molecule has 1 aliphatic heterocycles. The molecule has 0 saturated carbocycles. The van der Waals surface area contributed by atoms with Gasteiger partial charge in [-0.25, -0.2) is 15.6 Å². The Labute approximate surface area is 90.6 Å². The van der Waals surface area contributed by atoms with Gasteiger partial charge in [-0.3, -0.25) is 0 Å². The average Bonchev–Trinajstić information content (AvgIpc) is 2.30. The first-order valence-corrected chi connectivity index (χ1v) is 5.01. The minimum atomic E-state index is -4.95. The van der Waals surface area contributed by atoms with E-state index in [1.165, 1.54) is 0 Å². The smallest absolute Gasteiger partial charge is 0.439 e. The lowest BCUT2D eigenvalue weighted by molar-refractivity contribution is -0.207. The number of rotatable bonds is 1. The van der Waals surface area contributed by atoms with Gasteiger partial charge in [0.1, 0.15) is 0 Å². The summed E-state index contributed by atoms with van der Waals surface area (Å²) in [5.41, 5.74) is 7.69. The van der Waals surface area contributed by atoms with Crippen molar-refractivity contribution in [2.75, 3.05) is 6.54 Å². The summed E-state index contributed by atoms with van der Waals surface area (Å²) in [4.78, 5) is 10.6. The van der Waals surface area contributed by atoms with Crippen LogP contribution in [0, 0.1) is 0 Å². The molecule has 0 aromatic carbocycles. The van der Waals surface area contributed by atoms with Gasteiger partial charge in [0.05, 0.1) is 0 Å². The number of carbonyl (C=O) groups is 1. The average molecular weight is 241 g/mol. The Balaban J connectivity index is 2.40. The molecule has 0 bridgehead atoms. The highest BCUT2D eigenvalue weighted by molar-refractivity contribution is 5.75. The van der Waals surface area contributed by atoms with Crippen molar-refractivity contribution in [2.45, 2.75) is 38.1 Å². The van der Waals surface area contributed by atoms with Gasteiger partial charge in [0.2, 0.25) is 0 Å². The standard InChI is InChI=1S/C8H14F3N3O2/c9-8(10,11)7(15)16-6-4-2-1-3-5-12-14-13-6/h6,12-14H,1-5H2. The van der Waals surface area contributed by atoms with Gasteiger partial charge < -0.3 is 4.74 Å². The quantitative estimate of drug-likeness (QED) is 0.586. The zero-order valence-electron chi connectivity index (χ0n) is 8.56. The molecule has 0 radical (unpaired) electrons. The van der Waals surface area contributed by atoms with Crippen LogP contribution in [0.1, 0.15) is 25.7 Å². The Morgan fingerprint density at radius 1 is 1.25 bits per heavy atom. The highest BCUT2D eigenvalue weighted by Crippen LogP contribution is 2.18. The summed E-state index contributed by atoms with van der Waals surface area (Å²) in [6.07, 6.45) is -3.10. The van der Waals surface area contributed by atoms with Gasteiger partial charge in [0.15, 0.2) is 6.23 Å². The van der Waals surface area contributed by atoms with E-state index in [1.54, 1.807) is 0 Å². The molecule has 5 nitrogen and oxygen atoms in total. The molecule has 0 spiro atoms. The van der Waals surface area contributed by atoms with E-state index >= 15 is 0 Å². The van der Waals surface area contributed by atoms with Crippen LogP contribution in [0.15, 0.2) is 0 Å². The van der Waals surface area contributed by atoms with Crippen LogP contribution in [0.3, 0.4) is 0 Å². The number of hydrogen-bond donors (Lipinski definition) is 3. The molecular weight excluding hydrogens is 227 g/mol. The van der Waals surface area contributed by atoms with Crippen LogP contribution in [0.2, 0.25) is 0 Å². The van der Waals surface area contributed by atoms with Gasteiger partial charge in [-0.15, -0.1) is 0 Å². The van der Waals surface area contributed by atoms with Gasteiger partial charge in [0, 0.05) is 6.54 Å². The lowest BCUT2D eigenvalue weighted by Gasteiger charge is -2.19. The van der Waals surface area contributed by atoms with E-state index in [9.17, 15) is 18.0 Å². The second kappa shape index (κ2) is 6.02. The van der Waals surface area contributed by atoms with Crippen molar-refractivity contribution in [3.63, 3.8) is 0 Å². The molecule has 3 N–H and O–H groups in total. The number of ether oxygens (including phenoxy) is 1.